The van der Waals surface area contributed by atoms with E-state index in [2.05, 4.69) is 0 Å². The molecule has 0 N–H and O–H groups in total. The molecule has 2 atom stereocenters. The molecule has 92 valence electrons. The van der Waals surface area contributed by atoms with Crippen molar-refractivity contribution in [1.29, 1.82) is 0 Å². The number of nitrogens with zero attached hydrogens (tertiary/aromatic N) is 1. The van der Waals surface area contributed by atoms with Crippen LogP contribution >= 0.6 is 0 Å². The molecule has 2 rings (SSSR count). The fourth-order valence-corrected chi connectivity index (χ4v) is 1.98. The van der Waals surface area contributed by atoms with Crippen LogP contribution in [0.1, 0.15) is 24.2 Å². The van der Waals surface area contributed by atoms with Gasteiger partial charge in [-0.15, -0.1) is 0 Å². The minimum Gasteiger partial charge on any atom is -0.375 e. The van der Waals surface area contributed by atoms with Gasteiger partial charge in [0, 0.05) is 6.54 Å². The quantitative estimate of drug-likeness (QED) is 0.748. The summed E-state index contributed by atoms with van der Waals surface area (Å²) < 4.78 is 19.0. The number of carbonyl (C=O) groups is 1. The molecule has 4 heteroatoms. The zero-order chi connectivity index (χ0) is 12.4. The van der Waals surface area contributed by atoms with E-state index in [4.69, 9.17) is 4.74 Å². The van der Waals surface area contributed by atoms with Crippen molar-refractivity contribution in [2.75, 3.05) is 13.2 Å². The second-order valence-electron chi connectivity index (χ2n) is 4.43. The van der Waals surface area contributed by atoms with Crippen LogP contribution < -0.4 is 0 Å². The molecule has 1 heterocycles. The van der Waals surface area contributed by atoms with Gasteiger partial charge in [-0.1, -0.05) is 12.1 Å². The van der Waals surface area contributed by atoms with E-state index in [0.717, 1.165) is 0 Å². The maximum Gasteiger partial charge on any atom is 0.257 e. The molecule has 1 aromatic rings. The second kappa shape index (κ2) is 4.84. The van der Waals surface area contributed by atoms with Crippen molar-refractivity contribution in [2.24, 2.45) is 0 Å². The minimum atomic E-state index is -0.469. The molecule has 0 aromatic heterocycles. The first-order chi connectivity index (χ1) is 8.09. The van der Waals surface area contributed by atoms with E-state index >= 15 is 0 Å². The fourth-order valence-electron chi connectivity index (χ4n) is 1.98. The minimum absolute atomic E-state index is 0.00178. The van der Waals surface area contributed by atoms with Gasteiger partial charge >= 0.3 is 0 Å². The van der Waals surface area contributed by atoms with Gasteiger partial charge in [0.25, 0.3) is 5.91 Å². The van der Waals surface area contributed by atoms with Crippen molar-refractivity contribution in [3.8, 4) is 0 Å². The molecule has 0 spiro atoms. The first-order valence-corrected chi connectivity index (χ1v) is 5.76. The normalized spacial score (nSPS) is 24.8. The maximum absolute atomic E-state index is 13.5. The average Bonchev–Trinajstić information content (AvgIpc) is 2.32. The van der Waals surface area contributed by atoms with Gasteiger partial charge < -0.3 is 9.64 Å². The monoisotopic (exact) mass is 237 g/mol. The summed E-state index contributed by atoms with van der Waals surface area (Å²) in [7, 11) is 0. The number of amides is 1. The van der Waals surface area contributed by atoms with Crippen LogP contribution in [0.2, 0.25) is 0 Å². The third kappa shape index (κ3) is 2.47. The summed E-state index contributed by atoms with van der Waals surface area (Å²) in [5.74, 6) is -0.727. The summed E-state index contributed by atoms with van der Waals surface area (Å²) in [5.41, 5.74) is 0.133. The van der Waals surface area contributed by atoms with Crippen molar-refractivity contribution in [2.45, 2.75) is 26.0 Å². The Labute approximate surface area is 100 Å². The van der Waals surface area contributed by atoms with Crippen LogP contribution in [0.3, 0.4) is 0 Å². The Morgan fingerprint density at radius 2 is 2.12 bits per heavy atom. The molecule has 1 amide bonds. The molecule has 17 heavy (non-hydrogen) atoms. The first-order valence-electron chi connectivity index (χ1n) is 5.76. The summed E-state index contributed by atoms with van der Waals surface area (Å²) in [5, 5.41) is 0. The van der Waals surface area contributed by atoms with Gasteiger partial charge in [-0.25, -0.2) is 4.39 Å². The van der Waals surface area contributed by atoms with Crippen LogP contribution in [-0.2, 0) is 4.74 Å². The van der Waals surface area contributed by atoms with Crippen LogP contribution in [0.5, 0.6) is 0 Å². The SMILES string of the molecule is CC1CN(C(=O)c2ccccc2F)C(C)CO1. The van der Waals surface area contributed by atoms with Gasteiger partial charge in [0.1, 0.15) is 5.82 Å². The van der Waals surface area contributed by atoms with Crippen molar-refractivity contribution >= 4 is 5.91 Å². The number of rotatable bonds is 1. The smallest absolute Gasteiger partial charge is 0.257 e. The average molecular weight is 237 g/mol. The Morgan fingerprint density at radius 1 is 1.41 bits per heavy atom. The van der Waals surface area contributed by atoms with Crippen molar-refractivity contribution < 1.29 is 13.9 Å². The highest BCUT2D eigenvalue weighted by molar-refractivity contribution is 5.94. The lowest BCUT2D eigenvalue weighted by Gasteiger charge is -2.36. The molecular weight excluding hydrogens is 221 g/mol. The Morgan fingerprint density at radius 3 is 2.82 bits per heavy atom. The Hall–Kier alpha value is -1.42. The molecule has 0 bridgehead atoms. The molecule has 1 fully saturated rings. The van der Waals surface area contributed by atoms with E-state index < -0.39 is 5.82 Å². The highest BCUT2D eigenvalue weighted by Crippen LogP contribution is 2.17. The van der Waals surface area contributed by atoms with Crippen LogP contribution in [0.4, 0.5) is 4.39 Å². The van der Waals surface area contributed by atoms with Crippen LogP contribution in [0, 0.1) is 5.82 Å². The number of hydrogen-bond acceptors (Lipinski definition) is 2. The Balaban J connectivity index is 2.22. The molecule has 1 saturated heterocycles. The van der Waals surface area contributed by atoms with Crippen LogP contribution in [0.25, 0.3) is 0 Å². The molecule has 1 aliphatic heterocycles. The standard InChI is InChI=1S/C13H16FNO2/c1-9-8-17-10(2)7-15(9)13(16)11-5-3-4-6-12(11)14/h3-6,9-10H,7-8H2,1-2H3. The molecule has 1 aromatic carbocycles. The lowest BCUT2D eigenvalue weighted by molar-refractivity contribution is -0.0388. The summed E-state index contributed by atoms with van der Waals surface area (Å²) in [4.78, 5) is 13.9. The number of hydrogen-bond donors (Lipinski definition) is 0. The predicted molar refractivity (Wildman–Crippen MR) is 62.3 cm³/mol. The Kier molecular flexibility index (Phi) is 3.43. The summed E-state index contributed by atoms with van der Waals surface area (Å²) in [6.07, 6.45) is 0.00178. The largest absolute Gasteiger partial charge is 0.375 e. The topological polar surface area (TPSA) is 29.5 Å². The summed E-state index contributed by atoms with van der Waals surface area (Å²) in [6, 6.07) is 6.06. The fraction of sp³-hybridized carbons (Fsp3) is 0.462. The van der Waals surface area contributed by atoms with Crippen molar-refractivity contribution in [3.05, 3.63) is 35.6 Å². The van der Waals surface area contributed by atoms with Crippen LogP contribution in [-0.4, -0.2) is 36.1 Å². The summed E-state index contributed by atoms with van der Waals surface area (Å²) in [6.45, 7) is 4.83. The zero-order valence-corrected chi connectivity index (χ0v) is 10.0. The van der Waals surface area contributed by atoms with Gasteiger partial charge in [-0.3, -0.25) is 4.79 Å². The van der Waals surface area contributed by atoms with E-state index in [1.807, 2.05) is 13.8 Å². The molecule has 1 aliphatic rings. The van der Waals surface area contributed by atoms with Gasteiger partial charge in [0.05, 0.1) is 24.3 Å². The third-order valence-electron chi connectivity index (χ3n) is 2.97. The summed E-state index contributed by atoms with van der Waals surface area (Å²) >= 11 is 0. The lowest BCUT2D eigenvalue weighted by atomic mass is 10.1. The van der Waals surface area contributed by atoms with E-state index in [1.54, 1.807) is 17.0 Å². The lowest BCUT2D eigenvalue weighted by Crippen LogP contribution is -2.50. The second-order valence-corrected chi connectivity index (χ2v) is 4.43. The predicted octanol–water partition coefficient (Wildman–Crippen LogP) is 2.08. The highest BCUT2D eigenvalue weighted by atomic mass is 19.1. The van der Waals surface area contributed by atoms with Gasteiger partial charge in [0.15, 0.2) is 0 Å². The maximum atomic E-state index is 13.5. The molecule has 2 unspecified atom stereocenters. The van der Waals surface area contributed by atoms with Gasteiger partial charge in [0.2, 0.25) is 0 Å². The molecule has 0 radical (unpaired) electrons. The number of carbonyl (C=O) groups excluding carboxylic acids is 1. The van der Waals surface area contributed by atoms with Gasteiger partial charge in [-0.2, -0.15) is 0 Å². The number of halogens is 1. The van der Waals surface area contributed by atoms with E-state index in [0.29, 0.717) is 13.2 Å². The van der Waals surface area contributed by atoms with E-state index in [-0.39, 0.29) is 23.6 Å². The highest BCUT2D eigenvalue weighted by Gasteiger charge is 2.29. The van der Waals surface area contributed by atoms with E-state index in [1.165, 1.54) is 12.1 Å². The molecule has 0 saturated carbocycles. The number of morpholine rings is 1. The Bertz CT molecular complexity index is 422. The van der Waals surface area contributed by atoms with Crippen molar-refractivity contribution in [1.82, 2.24) is 4.90 Å². The van der Waals surface area contributed by atoms with Gasteiger partial charge in [-0.05, 0) is 26.0 Å². The molecular formula is C13H16FNO2. The number of ether oxygens (including phenoxy) is 1. The third-order valence-corrected chi connectivity index (χ3v) is 2.97. The molecule has 3 nitrogen and oxygen atoms in total. The van der Waals surface area contributed by atoms with E-state index in [9.17, 15) is 9.18 Å². The molecule has 0 aliphatic carbocycles. The zero-order valence-electron chi connectivity index (χ0n) is 10.0. The first kappa shape index (κ1) is 12.0. The van der Waals surface area contributed by atoms with Crippen LogP contribution in [0.15, 0.2) is 24.3 Å². The number of benzene rings is 1. The van der Waals surface area contributed by atoms with Crippen molar-refractivity contribution in [3.63, 3.8) is 0 Å².